The molecule has 90 valence electrons. The molecule has 3 N–H and O–H groups in total. The number of nitrogens with one attached hydrogen (secondary N) is 1. The average Bonchev–Trinajstić information content (AvgIpc) is 2.93. The first kappa shape index (κ1) is 12.3. The predicted molar refractivity (Wildman–Crippen MR) is 62.9 cm³/mol. The Kier molecular flexibility index (Phi) is 3.10. The van der Waals surface area contributed by atoms with Gasteiger partial charge >= 0.3 is 0 Å². The Morgan fingerprint density at radius 1 is 1.53 bits per heavy atom. The summed E-state index contributed by atoms with van der Waals surface area (Å²) in [7, 11) is -3.60. The van der Waals surface area contributed by atoms with Gasteiger partial charge in [0.1, 0.15) is 6.07 Å². The molecule has 5 nitrogen and oxygen atoms in total. The van der Waals surface area contributed by atoms with Crippen LogP contribution in [0.25, 0.3) is 0 Å². The van der Waals surface area contributed by atoms with Crippen LogP contribution < -0.4 is 10.5 Å². The van der Waals surface area contributed by atoms with E-state index in [1.54, 1.807) is 0 Å². The molecule has 0 radical (unpaired) electrons. The zero-order chi connectivity index (χ0) is 12.6. The summed E-state index contributed by atoms with van der Waals surface area (Å²) in [6.45, 7) is 0. The second-order valence-corrected chi connectivity index (χ2v) is 6.00. The molecular formula is C10H10ClN3O2S. The van der Waals surface area contributed by atoms with Crippen LogP contribution in [0.5, 0.6) is 0 Å². The molecule has 1 fully saturated rings. The van der Waals surface area contributed by atoms with Gasteiger partial charge in [-0.15, -0.1) is 0 Å². The SMILES string of the molecule is N#Cc1ccc(S(=O)(=O)NC2CC2N)cc1Cl. The van der Waals surface area contributed by atoms with Crippen molar-refractivity contribution in [1.29, 1.82) is 5.26 Å². The van der Waals surface area contributed by atoms with Crippen molar-refractivity contribution in [1.82, 2.24) is 4.72 Å². The highest BCUT2D eigenvalue weighted by atomic mass is 35.5. The molecule has 1 aliphatic rings. The number of rotatable bonds is 3. The number of halogens is 1. The Morgan fingerprint density at radius 2 is 2.18 bits per heavy atom. The van der Waals surface area contributed by atoms with Crippen molar-refractivity contribution < 1.29 is 8.42 Å². The lowest BCUT2D eigenvalue weighted by Gasteiger charge is -2.06. The molecular weight excluding hydrogens is 262 g/mol. The lowest BCUT2D eigenvalue weighted by Crippen LogP contribution is -2.29. The van der Waals surface area contributed by atoms with Crippen LogP contribution in [0.1, 0.15) is 12.0 Å². The Hall–Kier alpha value is -1.13. The largest absolute Gasteiger partial charge is 0.326 e. The van der Waals surface area contributed by atoms with Gasteiger partial charge in [0.15, 0.2) is 0 Å². The summed E-state index contributed by atoms with van der Waals surface area (Å²) >= 11 is 5.78. The number of hydrogen-bond donors (Lipinski definition) is 2. The summed E-state index contributed by atoms with van der Waals surface area (Å²) in [5, 5.41) is 8.81. The van der Waals surface area contributed by atoms with Crippen LogP contribution in [0.3, 0.4) is 0 Å². The van der Waals surface area contributed by atoms with Gasteiger partial charge < -0.3 is 5.73 Å². The fourth-order valence-electron chi connectivity index (χ4n) is 1.37. The number of nitriles is 1. The van der Waals surface area contributed by atoms with E-state index in [1.807, 2.05) is 6.07 Å². The molecule has 1 aliphatic carbocycles. The molecule has 1 aromatic carbocycles. The van der Waals surface area contributed by atoms with Crippen LogP contribution in [-0.4, -0.2) is 20.5 Å². The fourth-order valence-corrected chi connectivity index (χ4v) is 2.98. The molecule has 0 saturated heterocycles. The zero-order valence-electron chi connectivity index (χ0n) is 8.72. The van der Waals surface area contributed by atoms with Crippen molar-refractivity contribution in [2.45, 2.75) is 23.4 Å². The van der Waals surface area contributed by atoms with Crippen LogP contribution >= 0.6 is 11.6 Å². The van der Waals surface area contributed by atoms with E-state index >= 15 is 0 Å². The first-order valence-electron chi connectivity index (χ1n) is 4.91. The molecule has 17 heavy (non-hydrogen) atoms. The van der Waals surface area contributed by atoms with Crippen molar-refractivity contribution in [2.75, 3.05) is 0 Å². The van der Waals surface area contributed by atoms with Gasteiger partial charge in [0.05, 0.1) is 15.5 Å². The van der Waals surface area contributed by atoms with Crippen molar-refractivity contribution in [2.24, 2.45) is 5.73 Å². The standard InChI is InChI=1S/C10H10ClN3O2S/c11-8-3-7(2-1-6(8)5-12)17(15,16)14-10-4-9(10)13/h1-3,9-10,14H,4,13H2. The van der Waals surface area contributed by atoms with Crippen molar-refractivity contribution in [3.8, 4) is 6.07 Å². The third kappa shape index (κ3) is 2.58. The number of hydrogen-bond acceptors (Lipinski definition) is 4. The van der Waals surface area contributed by atoms with Gasteiger partial charge in [0.25, 0.3) is 0 Å². The zero-order valence-corrected chi connectivity index (χ0v) is 10.3. The second kappa shape index (κ2) is 4.27. The molecule has 1 aromatic rings. The molecule has 0 aliphatic heterocycles. The van der Waals surface area contributed by atoms with Crippen LogP contribution in [0.2, 0.25) is 5.02 Å². The Morgan fingerprint density at radius 3 is 2.65 bits per heavy atom. The number of nitrogens with zero attached hydrogens (tertiary/aromatic N) is 1. The minimum atomic E-state index is -3.60. The summed E-state index contributed by atoms with van der Waals surface area (Å²) < 4.78 is 26.2. The van der Waals surface area contributed by atoms with E-state index in [9.17, 15) is 8.42 Å². The van der Waals surface area contributed by atoms with E-state index in [1.165, 1.54) is 18.2 Å². The predicted octanol–water partition coefficient (Wildman–Crippen LogP) is 0.590. The van der Waals surface area contributed by atoms with Gasteiger partial charge in [-0.2, -0.15) is 5.26 Å². The molecule has 2 unspecified atom stereocenters. The quantitative estimate of drug-likeness (QED) is 0.841. The van der Waals surface area contributed by atoms with Gasteiger partial charge in [-0.3, -0.25) is 0 Å². The van der Waals surface area contributed by atoms with Crippen LogP contribution in [0, 0.1) is 11.3 Å². The van der Waals surface area contributed by atoms with Crippen molar-refractivity contribution in [3.05, 3.63) is 28.8 Å². The molecule has 2 rings (SSSR count). The minimum absolute atomic E-state index is 0.0422. The van der Waals surface area contributed by atoms with Gasteiger partial charge in [-0.1, -0.05) is 11.6 Å². The molecule has 0 aromatic heterocycles. The average molecular weight is 272 g/mol. The molecule has 0 heterocycles. The molecule has 7 heteroatoms. The number of sulfonamides is 1. The summed E-state index contributed by atoms with van der Waals surface area (Å²) in [4.78, 5) is 0.0422. The van der Waals surface area contributed by atoms with Crippen LogP contribution in [0.4, 0.5) is 0 Å². The molecule has 0 spiro atoms. The van der Waals surface area contributed by atoms with Gasteiger partial charge in [0.2, 0.25) is 10.0 Å². The first-order valence-corrected chi connectivity index (χ1v) is 6.78. The smallest absolute Gasteiger partial charge is 0.240 e. The molecule has 2 atom stereocenters. The lowest BCUT2D eigenvalue weighted by molar-refractivity contribution is 0.580. The normalized spacial score (nSPS) is 23.1. The molecule has 0 bridgehead atoms. The van der Waals surface area contributed by atoms with E-state index in [-0.39, 0.29) is 27.6 Å². The maximum absolute atomic E-state index is 11.9. The van der Waals surface area contributed by atoms with E-state index < -0.39 is 10.0 Å². The van der Waals surface area contributed by atoms with E-state index in [2.05, 4.69) is 4.72 Å². The summed E-state index contributed by atoms with van der Waals surface area (Å²) in [6.07, 6.45) is 0.642. The fraction of sp³-hybridized carbons (Fsp3) is 0.300. The van der Waals surface area contributed by atoms with Gasteiger partial charge in [-0.25, -0.2) is 13.1 Å². The third-order valence-corrected chi connectivity index (χ3v) is 4.32. The van der Waals surface area contributed by atoms with E-state index in [4.69, 9.17) is 22.6 Å². The van der Waals surface area contributed by atoms with Crippen molar-refractivity contribution in [3.63, 3.8) is 0 Å². The highest BCUT2D eigenvalue weighted by Gasteiger charge is 2.37. The van der Waals surface area contributed by atoms with Gasteiger partial charge in [0, 0.05) is 12.1 Å². The molecule has 0 amide bonds. The number of benzene rings is 1. The Labute approximate surface area is 104 Å². The van der Waals surface area contributed by atoms with Crippen LogP contribution in [0.15, 0.2) is 23.1 Å². The highest BCUT2D eigenvalue weighted by molar-refractivity contribution is 7.89. The van der Waals surface area contributed by atoms with E-state index in [0.29, 0.717) is 6.42 Å². The maximum Gasteiger partial charge on any atom is 0.240 e. The Balaban J connectivity index is 2.28. The minimum Gasteiger partial charge on any atom is -0.326 e. The highest BCUT2D eigenvalue weighted by Crippen LogP contribution is 2.24. The van der Waals surface area contributed by atoms with E-state index in [0.717, 1.165) is 0 Å². The maximum atomic E-state index is 11.9. The lowest BCUT2D eigenvalue weighted by atomic mass is 10.2. The summed E-state index contributed by atoms with van der Waals surface area (Å²) in [6, 6.07) is 5.54. The second-order valence-electron chi connectivity index (χ2n) is 3.88. The van der Waals surface area contributed by atoms with Gasteiger partial charge in [-0.05, 0) is 24.6 Å². The number of nitrogens with two attached hydrogens (primary N) is 1. The van der Waals surface area contributed by atoms with Crippen molar-refractivity contribution >= 4 is 21.6 Å². The summed E-state index contributed by atoms with van der Waals surface area (Å²) in [5.74, 6) is 0. The Bertz CT molecular complexity index is 594. The third-order valence-electron chi connectivity index (χ3n) is 2.52. The summed E-state index contributed by atoms with van der Waals surface area (Å²) in [5.41, 5.74) is 5.78. The molecule has 1 saturated carbocycles. The van der Waals surface area contributed by atoms with Crippen LogP contribution in [-0.2, 0) is 10.0 Å². The first-order chi connectivity index (χ1) is 7.94. The topological polar surface area (TPSA) is 96.0 Å². The monoisotopic (exact) mass is 271 g/mol.